The topological polar surface area (TPSA) is 75.1 Å². The number of aromatic nitrogens is 1. The zero-order valence-electron chi connectivity index (χ0n) is 24.2. The molecular formula is C33H39N3O4S. The fraction of sp³-hybridized carbons (Fsp3) is 0.515. The molecule has 1 saturated heterocycles. The van der Waals surface area contributed by atoms with Crippen molar-refractivity contribution in [3.8, 4) is 17.0 Å². The molecule has 0 spiro atoms. The van der Waals surface area contributed by atoms with Gasteiger partial charge in [-0.25, -0.2) is 4.98 Å². The molecule has 7 nitrogen and oxygen atoms in total. The van der Waals surface area contributed by atoms with Gasteiger partial charge in [-0.1, -0.05) is 30.7 Å². The predicted molar refractivity (Wildman–Crippen MR) is 161 cm³/mol. The average molecular weight is 574 g/mol. The predicted octanol–water partition coefficient (Wildman–Crippen LogP) is 5.84. The first-order valence-electron chi connectivity index (χ1n) is 14.9. The Morgan fingerprint density at radius 3 is 2.83 bits per heavy atom. The summed E-state index contributed by atoms with van der Waals surface area (Å²) in [6.07, 6.45) is 5.93. The van der Waals surface area contributed by atoms with Gasteiger partial charge in [0.2, 0.25) is 0 Å². The second-order valence-electron chi connectivity index (χ2n) is 12.4. The van der Waals surface area contributed by atoms with Crippen LogP contribution in [0.15, 0.2) is 35.7 Å². The van der Waals surface area contributed by atoms with E-state index in [0.29, 0.717) is 19.8 Å². The molecule has 8 heteroatoms. The third-order valence-corrected chi connectivity index (χ3v) is 11.2. The number of piperidine rings is 1. The van der Waals surface area contributed by atoms with Crippen LogP contribution in [-0.2, 0) is 29.1 Å². The Hall–Kier alpha value is -2.94. The standard InChI is InChI=1S/C33H39N3O4S/c1-20-6-4-9-27(28-19-41-32(34-28)36-16-24-14-33(24,31(37)38)29(36)18-39-3)30(20)40-17-23-11-10-22-15-35(25-7-5-8-25)13-12-26(22)21(23)2/h4,6,9-11,19,24-25,29H,5,7-8,12-18H2,1-3H3,(H,37,38)/t24-,29+,33+/m0/s1. The van der Waals surface area contributed by atoms with Gasteiger partial charge in [-0.3, -0.25) is 9.69 Å². The van der Waals surface area contributed by atoms with Gasteiger partial charge in [0.05, 0.1) is 23.8 Å². The maximum Gasteiger partial charge on any atom is 0.312 e. The molecule has 216 valence electrons. The number of fused-ring (bicyclic) bond motifs is 2. The van der Waals surface area contributed by atoms with Crippen LogP contribution in [0, 0.1) is 25.2 Å². The molecule has 1 N–H and O–H groups in total. The highest BCUT2D eigenvalue weighted by Crippen LogP contribution is 2.62. The number of para-hydroxylation sites is 1. The third kappa shape index (κ3) is 4.46. The molecule has 0 radical (unpaired) electrons. The van der Waals surface area contributed by atoms with Crippen LogP contribution in [-0.4, -0.2) is 59.8 Å². The van der Waals surface area contributed by atoms with Crippen LogP contribution in [0.1, 0.15) is 53.5 Å². The van der Waals surface area contributed by atoms with Crippen LogP contribution in [0.25, 0.3) is 11.3 Å². The fourth-order valence-corrected chi connectivity index (χ4v) is 8.37. The van der Waals surface area contributed by atoms with Crippen LogP contribution < -0.4 is 9.64 Å². The molecule has 3 fully saturated rings. The largest absolute Gasteiger partial charge is 0.488 e. The van der Waals surface area contributed by atoms with Crippen molar-refractivity contribution in [1.82, 2.24) is 9.88 Å². The minimum Gasteiger partial charge on any atom is -0.488 e. The zero-order valence-corrected chi connectivity index (χ0v) is 25.0. The Bertz CT molecular complexity index is 1480. The van der Waals surface area contributed by atoms with Gasteiger partial charge in [0, 0.05) is 43.7 Å². The lowest BCUT2D eigenvalue weighted by Gasteiger charge is -2.41. The van der Waals surface area contributed by atoms with Gasteiger partial charge >= 0.3 is 5.97 Å². The Balaban J connectivity index is 1.10. The van der Waals surface area contributed by atoms with Crippen LogP contribution in [0.4, 0.5) is 5.13 Å². The van der Waals surface area contributed by atoms with E-state index >= 15 is 0 Å². The van der Waals surface area contributed by atoms with Crippen molar-refractivity contribution < 1.29 is 19.4 Å². The molecule has 2 aliphatic carbocycles. The summed E-state index contributed by atoms with van der Waals surface area (Å²) in [5, 5.41) is 12.9. The smallest absolute Gasteiger partial charge is 0.312 e. The number of rotatable bonds is 9. The van der Waals surface area contributed by atoms with Gasteiger partial charge in [0.15, 0.2) is 5.13 Å². The van der Waals surface area contributed by atoms with Crippen molar-refractivity contribution in [2.75, 3.05) is 31.7 Å². The minimum atomic E-state index is -0.716. The first kappa shape index (κ1) is 26.9. The van der Waals surface area contributed by atoms with Crippen molar-refractivity contribution in [2.45, 2.75) is 71.2 Å². The van der Waals surface area contributed by atoms with Crippen molar-refractivity contribution in [3.63, 3.8) is 0 Å². The molecule has 2 aromatic carbocycles. The number of nitrogens with zero attached hydrogens (tertiary/aromatic N) is 3. The van der Waals surface area contributed by atoms with E-state index in [1.807, 2.05) is 6.07 Å². The van der Waals surface area contributed by atoms with Crippen molar-refractivity contribution in [3.05, 3.63) is 63.5 Å². The van der Waals surface area contributed by atoms with Gasteiger partial charge < -0.3 is 19.5 Å². The zero-order chi connectivity index (χ0) is 28.3. The number of aryl methyl sites for hydroxylation is 1. The molecular weight excluding hydrogens is 534 g/mol. The van der Waals surface area contributed by atoms with Crippen LogP contribution >= 0.6 is 11.3 Å². The molecule has 0 bridgehead atoms. The number of ether oxygens (including phenoxy) is 2. The Labute approximate surface area is 246 Å². The van der Waals surface area contributed by atoms with E-state index in [4.69, 9.17) is 14.5 Å². The quantitative estimate of drug-likeness (QED) is 0.345. The molecule has 7 rings (SSSR count). The number of hydrogen-bond donors (Lipinski definition) is 1. The van der Waals surface area contributed by atoms with Gasteiger partial charge in [-0.15, -0.1) is 11.3 Å². The molecule has 3 atom stereocenters. The molecule has 0 amide bonds. The Morgan fingerprint density at radius 1 is 1.22 bits per heavy atom. The number of carboxylic acids is 1. The summed E-state index contributed by atoms with van der Waals surface area (Å²) >= 11 is 1.57. The van der Waals surface area contributed by atoms with E-state index in [9.17, 15) is 9.90 Å². The maximum atomic E-state index is 12.2. The average Bonchev–Trinajstić information content (AvgIpc) is 3.29. The van der Waals surface area contributed by atoms with E-state index in [0.717, 1.165) is 59.7 Å². The third-order valence-electron chi connectivity index (χ3n) is 10.3. The molecule has 0 unspecified atom stereocenters. The summed E-state index contributed by atoms with van der Waals surface area (Å²) in [6, 6.07) is 11.4. The van der Waals surface area contributed by atoms with Crippen LogP contribution in [0.5, 0.6) is 5.75 Å². The van der Waals surface area contributed by atoms with Gasteiger partial charge in [0.1, 0.15) is 12.4 Å². The van der Waals surface area contributed by atoms with E-state index in [1.54, 1.807) is 18.4 Å². The van der Waals surface area contributed by atoms with Crippen LogP contribution in [0.3, 0.4) is 0 Å². The second kappa shape index (κ2) is 10.4. The summed E-state index contributed by atoms with van der Waals surface area (Å²) in [5.74, 6) is 0.301. The van der Waals surface area contributed by atoms with E-state index < -0.39 is 11.4 Å². The first-order chi connectivity index (χ1) is 19.9. The SMILES string of the molecule is COC[C@H]1N(c2nc(-c3cccc(C)c3OCc3ccc4c(c3C)CCN(C3CCC3)C4)cs2)C[C@@H]2C[C@@]21C(=O)O. The lowest BCUT2D eigenvalue weighted by atomic mass is 9.87. The molecule has 3 aromatic rings. The number of benzene rings is 2. The number of carbonyl (C=O) groups is 1. The van der Waals surface area contributed by atoms with E-state index in [2.05, 4.69) is 53.3 Å². The number of hydrogen-bond acceptors (Lipinski definition) is 7. The van der Waals surface area contributed by atoms with Gasteiger partial charge in [-0.2, -0.15) is 0 Å². The summed E-state index contributed by atoms with van der Waals surface area (Å²) in [5.41, 5.74) is 7.80. The minimum absolute atomic E-state index is 0.159. The van der Waals surface area contributed by atoms with Crippen molar-refractivity contribution >= 4 is 22.4 Å². The Morgan fingerprint density at radius 2 is 2.07 bits per heavy atom. The Kier molecular flexibility index (Phi) is 6.83. The normalized spacial score (nSPS) is 25.5. The summed E-state index contributed by atoms with van der Waals surface area (Å²) < 4.78 is 12.0. The highest BCUT2D eigenvalue weighted by Gasteiger charge is 2.71. The monoisotopic (exact) mass is 573 g/mol. The molecule has 3 heterocycles. The van der Waals surface area contributed by atoms with Gasteiger partial charge in [-0.05, 0) is 79.3 Å². The van der Waals surface area contributed by atoms with Crippen LogP contribution in [0.2, 0.25) is 0 Å². The van der Waals surface area contributed by atoms with E-state index in [1.165, 1.54) is 41.5 Å². The molecule has 1 aromatic heterocycles. The highest BCUT2D eigenvalue weighted by molar-refractivity contribution is 7.14. The number of thiazole rings is 1. The fourth-order valence-electron chi connectivity index (χ4n) is 7.49. The number of anilines is 1. The summed E-state index contributed by atoms with van der Waals surface area (Å²) in [6.45, 7) is 8.18. The second-order valence-corrected chi connectivity index (χ2v) is 13.3. The lowest BCUT2D eigenvalue weighted by Crippen LogP contribution is -2.43. The molecule has 2 saturated carbocycles. The first-order valence-corrected chi connectivity index (χ1v) is 15.8. The summed E-state index contributed by atoms with van der Waals surface area (Å²) in [7, 11) is 1.64. The lowest BCUT2D eigenvalue weighted by molar-refractivity contribution is -0.144. The summed E-state index contributed by atoms with van der Waals surface area (Å²) in [4.78, 5) is 22.0. The highest BCUT2D eigenvalue weighted by atomic mass is 32.1. The number of carboxylic acid groups (broad SMARTS) is 1. The molecule has 4 aliphatic rings. The van der Waals surface area contributed by atoms with E-state index in [-0.39, 0.29) is 12.0 Å². The molecule has 2 aliphatic heterocycles. The van der Waals surface area contributed by atoms with Gasteiger partial charge in [0.25, 0.3) is 0 Å². The maximum absolute atomic E-state index is 12.2. The number of aliphatic carboxylic acids is 1. The molecule has 41 heavy (non-hydrogen) atoms. The number of methoxy groups -OCH3 is 1. The van der Waals surface area contributed by atoms with Crippen molar-refractivity contribution in [2.24, 2.45) is 11.3 Å². The van der Waals surface area contributed by atoms with Crippen molar-refractivity contribution in [1.29, 1.82) is 0 Å².